The number of carboxylic acid groups (broad SMARTS) is 1. The van der Waals surface area contributed by atoms with Gasteiger partial charge >= 0.3 is 5.97 Å². The fourth-order valence-corrected chi connectivity index (χ4v) is 4.60. The molecule has 0 amide bonds. The molecule has 3 aromatic rings. The molecule has 1 unspecified atom stereocenters. The third-order valence-corrected chi connectivity index (χ3v) is 5.95. The minimum Gasteiger partial charge on any atom is -0.493 e. The van der Waals surface area contributed by atoms with Crippen molar-refractivity contribution in [2.45, 2.75) is 31.6 Å². The second-order valence-corrected chi connectivity index (χ2v) is 7.61. The lowest BCUT2D eigenvalue weighted by atomic mass is 9.60. The van der Waals surface area contributed by atoms with Crippen LogP contribution < -0.4 is 9.47 Å². The molecule has 1 atom stereocenters. The third kappa shape index (κ3) is 4.15. The number of para-hydroxylation sites is 1. The molecule has 0 aliphatic rings. The molecule has 0 bridgehead atoms. The molecule has 3 aromatic carbocycles. The lowest BCUT2D eigenvalue weighted by Gasteiger charge is -2.41. The van der Waals surface area contributed by atoms with Gasteiger partial charge in [-0.1, -0.05) is 92.6 Å². The number of ether oxygens (including phenoxy) is 2. The van der Waals surface area contributed by atoms with Gasteiger partial charge < -0.3 is 14.6 Å². The summed E-state index contributed by atoms with van der Waals surface area (Å²) in [6.45, 7) is 2.08. The second-order valence-electron chi connectivity index (χ2n) is 7.61. The van der Waals surface area contributed by atoms with Gasteiger partial charge in [-0.15, -0.1) is 0 Å². The smallest absolute Gasteiger partial charge is 0.308 e. The number of methoxy groups -OCH3 is 2. The summed E-state index contributed by atoms with van der Waals surface area (Å²) in [6.07, 6.45) is 2.26. The second kappa shape index (κ2) is 10.2. The zero-order valence-corrected chi connectivity index (χ0v) is 18.4. The lowest BCUT2D eigenvalue weighted by Crippen LogP contribution is -2.42. The predicted octanol–water partition coefficient (Wildman–Crippen LogP) is 5.93. The minimum absolute atomic E-state index is 0.538. The fourth-order valence-electron chi connectivity index (χ4n) is 4.60. The molecule has 0 aliphatic heterocycles. The molecule has 1 N–H and O–H groups in total. The van der Waals surface area contributed by atoms with E-state index in [9.17, 15) is 9.90 Å². The van der Waals surface area contributed by atoms with Gasteiger partial charge in [-0.2, -0.15) is 0 Å². The van der Waals surface area contributed by atoms with Crippen LogP contribution in [0, 0.1) is 5.92 Å². The van der Waals surface area contributed by atoms with Crippen molar-refractivity contribution < 1.29 is 19.4 Å². The fraction of sp³-hybridized carbons (Fsp3) is 0.296. The van der Waals surface area contributed by atoms with Crippen molar-refractivity contribution in [3.05, 3.63) is 95.6 Å². The minimum atomic E-state index is -0.955. The van der Waals surface area contributed by atoms with Crippen molar-refractivity contribution in [3.63, 3.8) is 0 Å². The Kier molecular flexibility index (Phi) is 7.35. The van der Waals surface area contributed by atoms with Crippen LogP contribution in [0.15, 0.2) is 78.9 Å². The summed E-state index contributed by atoms with van der Waals surface area (Å²) in [5.74, 6) is -0.388. The topological polar surface area (TPSA) is 55.8 Å². The maximum absolute atomic E-state index is 12.9. The number of carboxylic acids is 1. The Hall–Kier alpha value is -3.27. The first-order valence-corrected chi connectivity index (χ1v) is 10.7. The van der Waals surface area contributed by atoms with Crippen LogP contribution in [0.25, 0.3) is 0 Å². The summed E-state index contributed by atoms with van der Waals surface area (Å²) >= 11 is 0. The average Bonchev–Trinajstić information content (AvgIpc) is 2.82. The molecule has 0 saturated carbocycles. The summed E-state index contributed by atoms with van der Waals surface area (Å²) in [4.78, 5) is 12.9. The van der Waals surface area contributed by atoms with E-state index in [1.165, 1.54) is 0 Å². The van der Waals surface area contributed by atoms with Gasteiger partial charge in [0.05, 0.1) is 25.6 Å². The number of rotatable bonds is 10. The SMILES string of the molecule is CCCCC(C(=O)O)C(c1ccccc1)(c1ccccc1)c1cccc(OC)c1OC. The number of unbranched alkanes of at least 4 members (excludes halogenated alkanes) is 1. The molecular weight excluding hydrogens is 388 g/mol. The summed E-state index contributed by atoms with van der Waals surface area (Å²) < 4.78 is 11.4. The van der Waals surface area contributed by atoms with E-state index in [1.54, 1.807) is 14.2 Å². The number of carbonyl (C=O) groups is 1. The summed E-state index contributed by atoms with van der Waals surface area (Å²) in [5, 5.41) is 10.5. The van der Waals surface area contributed by atoms with Crippen LogP contribution in [0.2, 0.25) is 0 Å². The summed E-state index contributed by atoms with van der Waals surface area (Å²) in [6, 6.07) is 25.5. The highest BCUT2D eigenvalue weighted by Gasteiger charge is 2.49. The average molecular weight is 419 g/mol. The Morgan fingerprint density at radius 1 is 0.871 bits per heavy atom. The van der Waals surface area contributed by atoms with Crippen LogP contribution >= 0.6 is 0 Å². The number of benzene rings is 3. The molecule has 31 heavy (non-hydrogen) atoms. The van der Waals surface area contributed by atoms with Gasteiger partial charge in [0.15, 0.2) is 11.5 Å². The van der Waals surface area contributed by atoms with Crippen LogP contribution in [-0.2, 0) is 10.2 Å². The van der Waals surface area contributed by atoms with Gasteiger partial charge in [-0.05, 0) is 23.6 Å². The normalized spacial score (nSPS) is 12.2. The van der Waals surface area contributed by atoms with Crippen LogP contribution in [0.3, 0.4) is 0 Å². The van der Waals surface area contributed by atoms with E-state index in [0.29, 0.717) is 17.9 Å². The van der Waals surface area contributed by atoms with Gasteiger partial charge in [0, 0.05) is 5.56 Å². The molecule has 0 spiro atoms. The Labute approximate surface area is 184 Å². The first-order valence-electron chi connectivity index (χ1n) is 10.7. The van der Waals surface area contributed by atoms with Crippen molar-refractivity contribution in [1.29, 1.82) is 0 Å². The van der Waals surface area contributed by atoms with Crippen LogP contribution in [0.5, 0.6) is 11.5 Å². The van der Waals surface area contributed by atoms with Crippen molar-refractivity contribution in [1.82, 2.24) is 0 Å². The van der Waals surface area contributed by atoms with Gasteiger partial charge in [0.2, 0.25) is 0 Å². The van der Waals surface area contributed by atoms with Gasteiger partial charge in [0.25, 0.3) is 0 Å². The number of aliphatic carboxylic acids is 1. The van der Waals surface area contributed by atoms with Gasteiger partial charge in [-0.3, -0.25) is 4.79 Å². The van der Waals surface area contributed by atoms with E-state index in [4.69, 9.17) is 9.47 Å². The Bertz CT molecular complexity index is 943. The van der Waals surface area contributed by atoms with E-state index < -0.39 is 17.3 Å². The highest BCUT2D eigenvalue weighted by Crippen LogP contribution is 2.52. The first-order chi connectivity index (χ1) is 15.1. The zero-order chi connectivity index (χ0) is 22.3. The van der Waals surface area contributed by atoms with Crippen LogP contribution in [0.1, 0.15) is 42.9 Å². The molecule has 4 nitrogen and oxygen atoms in total. The van der Waals surface area contributed by atoms with Crippen LogP contribution in [0.4, 0.5) is 0 Å². The van der Waals surface area contributed by atoms with E-state index >= 15 is 0 Å². The van der Waals surface area contributed by atoms with Crippen molar-refractivity contribution in [2.75, 3.05) is 14.2 Å². The molecule has 0 fully saturated rings. The molecule has 0 aromatic heterocycles. The largest absolute Gasteiger partial charge is 0.493 e. The molecule has 0 saturated heterocycles. The summed E-state index contributed by atoms with van der Waals surface area (Å²) in [7, 11) is 3.20. The molecule has 0 heterocycles. The van der Waals surface area contributed by atoms with E-state index in [0.717, 1.165) is 29.5 Å². The van der Waals surface area contributed by atoms with Crippen LogP contribution in [-0.4, -0.2) is 25.3 Å². The number of hydrogen-bond donors (Lipinski definition) is 1. The molecule has 0 aliphatic carbocycles. The maximum atomic E-state index is 12.9. The molecule has 4 heteroatoms. The zero-order valence-electron chi connectivity index (χ0n) is 18.4. The maximum Gasteiger partial charge on any atom is 0.308 e. The first kappa shape index (κ1) is 22.4. The van der Waals surface area contributed by atoms with Crippen molar-refractivity contribution in [3.8, 4) is 11.5 Å². The van der Waals surface area contributed by atoms with E-state index in [2.05, 4.69) is 6.92 Å². The van der Waals surface area contributed by atoms with E-state index in [1.807, 2.05) is 78.9 Å². The van der Waals surface area contributed by atoms with Crippen molar-refractivity contribution in [2.24, 2.45) is 5.92 Å². The molecule has 0 radical (unpaired) electrons. The monoisotopic (exact) mass is 418 g/mol. The summed E-state index contributed by atoms with van der Waals surface area (Å²) in [5.41, 5.74) is 1.66. The van der Waals surface area contributed by atoms with Gasteiger partial charge in [-0.25, -0.2) is 0 Å². The number of hydrogen-bond acceptors (Lipinski definition) is 3. The molecular formula is C27H30O4. The quantitative estimate of drug-likeness (QED) is 0.415. The van der Waals surface area contributed by atoms with Crippen molar-refractivity contribution >= 4 is 5.97 Å². The molecule has 162 valence electrons. The Balaban J connectivity index is 2.49. The predicted molar refractivity (Wildman–Crippen MR) is 123 cm³/mol. The molecule has 3 rings (SSSR count). The highest BCUT2D eigenvalue weighted by atomic mass is 16.5. The standard InChI is InChI=1S/C27H30O4/c1-4-5-17-23(26(28)29)27(20-13-8-6-9-14-20,21-15-10-7-11-16-21)22-18-12-19-24(30-2)25(22)31-3/h6-16,18-19,23H,4-5,17H2,1-3H3,(H,28,29). The highest BCUT2D eigenvalue weighted by molar-refractivity contribution is 5.77. The van der Waals surface area contributed by atoms with E-state index in [-0.39, 0.29) is 0 Å². The Morgan fingerprint density at radius 2 is 1.45 bits per heavy atom. The Morgan fingerprint density at radius 3 is 1.90 bits per heavy atom. The van der Waals surface area contributed by atoms with Gasteiger partial charge in [0.1, 0.15) is 0 Å². The third-order valence-electron chi connectivity index (χ3n) is 5.95. The lowest BCUT2D eigenvalue weighted by molar-refractivity contribution is -0.143.